The van der Waals surface area contributed by atoms with Crippen LogP contribution >= 0.6 is 0 Å². The van der Waals surface area contributed by atoms with Crippen LogP contribution in [-0.2, 0) is 0 Å². The maximum Gasteiger partial charge on any atom is 0.341 e. The van der Waals surface area contributed by atoms with E-state index in [2.05, 4.69) is 0 Å². The molecule has 2 aromatic carbocycles. The van der Waals surface area contributed by atoms with Crippen molar-refractivity contribution in [2.45, 2.75) is 0 Å². The van der Waals surface area contributed by atoms with Crippen LogP contribution in [-0.4, -0.2) is 11.1 Å². The standard InChI is InChI=1S/C13H4F6O2/c14-4-1-5(15)9(6(16)2-4)10-7(17)3-8(18)11(12(10)19)13(20)21/h1-3H,(H,20,21). The third kappa shape index (κ3) is 2.44. The molecule has 0 aromatic heterocycles. The van der Waals surface area contributed by atoms with E-state index in [9.17, 15) is 31.1 Å². The van der Waals surface area contributed by atoms with Crippen molar-refractivity contribution in [1.29, 1.82) is 0 Å². The van der Waals surface area contributed by atoms with Gasteiger partial charge in [0.1, 0.15) is 34.6 Å². The van der Waals surface area contributed by atoms with E-state index in [4.69, 9.17) is 5.11 Å². The zero-order valence-corrected chi connectivity index (χ0v) is 9.86. The minimum Gasteiger partial charge on any atom is -0.477 e. The number of rotatable bonds is 2. The first-order chi connectivity index (χ1) is 9.73. The Labute approximate surface area is 113 Å². The molecular weight excluding hydrogens is 302 g/mol. The number of halogens is 6. The topological polar surface area (TPSA) is 37.3 Å². The maximum atomic E-state index is 13.9. The van der Waals surface area contributed by atoms with E-state index >= 15 is 0 Å². The zero-order valence-electron chi connectivity index (χ0n) is 9.86. The number of hydrogen-bond donors (Lipinski definition) is 1. The molecule has 0 heterocycles. The highest BCUT2D eigenvalue weighted by Crippen LogP contribution is 2.34. The van der Waals surface area contributed by atoms with Gasteiger partial charge in [0, 0.05) is 18.2 Å². The number of hydrogen-bond acceptors (Lipinski definition) is 1. The van der Waals surface area contributed by atoms with Gasteiger partial charge in [-0.25, -0.2) is 31.1 Å². The average Bonchev–Trinajstić information content (AvgIpc) is 2.30. The van der Waals surface area contributed by atoms with Crippen LogP contribution in [0.3, 0.4) is 0 Å². The Hall–Kier alpha value is -2.51. The second-order valence-corrected chi connectivity index (χ2v) is 3.95. The molecule has 0 fully saturated rings. The molecule has 2 aromatic rings. The van der Waals surface area contributed by atoms with E-state index < -0.39 is 57.6 Å². The third-order valence-electron chi connectivity index (χ3n) is 2.64. The smallest absolute Gasteiger partial charge is 0.341 e. The summed E-state index contributed by atoms with van der Waals surface area (Å²) in [6.45, 7) is 0. The number of carboxylic acid groups (broad SMARTS) is 1. The summed E-state index contributed by atoms with van der Waals surface area (Å²) in [5, 5.41) is 8.64. The molecule has 2 rings (SSSR count). The van der Waals surface area contributed by atoms with Crippen LogP contribution < -0.4 is 0 Å². The highest BCUT2D eigenvalue weighted by atomic mass is 19.2. The molecule has 110 valence electrons. The summed E-state index contributed by atoms with van der Waals surface area (Å²) >= 11 is 0. The predicted octanol–water partition coefficient (Wildman–Crippen LogP) is 3.89. The van der Waals surface area contributed by atoms with E-state index in [1.807, 2.05) is 0 Å². The zero-order chi connectivity index (χ0) is 15.9. The number of carboxylic acids is 1. The summed E-state index contributed by atoms with van der Waals surface area (Å²) in [4.78, 5) is 10.7. The lowest BCUT2D eigenvalue weighted by molar-refractivity contribution is 0.0686. The van der Waals surface area contributed by atoms with Crippen LogP contribution in [0, 0.1) is 34.9 Å². The van der Waals surface area contributed by atoms with Crippen molar-refractivity contribution in [2.24, 2.45) is 0 Å². The molecule has 21 heavy (non-hydrogen) atoms. The highest BCUT2D eigenvalue weighted by molar-refractivity contribution is 5.90. The van der Waals surface area contributed by atoms with Gasteiger partial charge in [-0.1, -0.05) is 0 Å². The van der Waals surface area contributed by atoms with Crippen LogP contribution in [0.5, 0.6) is 0 Å². The first kappa shape index (κ1) is 14.9. The van der Waals surface area contributed by atoms with Crippen molar-refractivity contribution in [3.05, 3.63) is 58.7 Å². The molecule has 0 saturated carbocycles. The minimum absolute atomic E-state index is 0.0237. The first-order valence-corrected chi connectivity index (χ1v) is 5.29. The van der Waals surface area contributed by atoms with E-state index in [1.54, 1.807) is 0 Å². The maximum absolute atomic E-state index is 13.9. The van der Waals surface area contributed by atoms with Crippen molar-refractivity contribution >= 4 is 5.97 Å². The lowest BCUT2D eigenvalue weighted by atomic mass is 9.99. The number of benzene rings is 2. The lowest BCUT2D eigenvalue weighted by Gasteiger charge is -2.10. The number of carbonyl (C=O) groups is 1. The molecule has 0 unspecified atom stereocenters. The van der Waals surface area contributed by atoms with E-state index in [-0.39, 0.29) is 18.2 Å². The van der Waals surface area contributed by atoms with Crippen molar-refractivity contribution < 1.29 is 36.2 Å². The van der Waals surface area contributed by atoms with Gasteiger partial charge >= 0.3 is 5.97 Å². The second kappa shape index (κ2) is 5.12. The molecule has 0 aliphatic heterocycles. The first-order valence-electron chi connectivity index (χ1n) is 5.29. The van der Waals surface area contributed by atoms with Gasteiger partial charge in [0.05, 0.1) is 11.1 Å². The highest BCUT2D eigenvalue weighted by Gasteiger charge is 2.28. The third-order valence-corrected chi connectivity index (χ3v) is 2.64. The Morgan fingerprint density at radius 3 is 1.71 bits per heavy atom. The molecule has 0 aliphatic carbocycles. The van der Waals surface area contributed by atoms with Crippen LogP contribution in [0.4, 0.5) is 26.3 Å². The molecule has 0 saturated heterocycles. The molecule has 0 atom stereocenters. The molecule has 0 aliphatic rings. The summed E-state index contributed by atoms with van der Waals surface area (Å²) in [5.41, 5.74) is -4.33. The Morgan fingerprint density at radius 2 is 1.24 bits per heavy atom. The molecule has 0 radical (unpaired) electrons. The van der Waals surface area contributed by atoms with Gasteiger partial charge in [-0.3, -0.25) is 0 Å². The summed E-state index contributed by atoms with van der Waals surface area (Å²) in [6, 6.07) is 0.284. The SMILES string of the molecule is O=C(O)c1c(F)cc(F)c(-c2c(F)cc(F)cc2F)c1F. The summed E-state index contributed by atoms with van der Waals surface area (Å²) in [7, 11) is 0. The van der Waals surface area contributed by atoms with Crippen LogP contribution in [0.25, 0.3) is 11.1 Å². The Morgan fingerprint density at radius 1 is 0.762 bits per heavy atom. The van der Waals surface area contributed by atoms with Crippen molar-refractivity contribution in [2.75, 3.05) is 0 Å². The van der Waals surface area contributed by atoms with Gasteiger partial charge in [0.25, 0.3) is 0 Å². The van der Waals surface area contributed by atoms with Gasteiger partial charge in [0.15, 0.2) is 5.82 Å². The summed E-state index contributed by atoms with van der Waals surface area (Å²) in [6.07, 6.45) is 0. The second-order valence-electron chi connectivity index (χ2n) is 3.95. The van der Waals surface area contributed by atoms with E-state index in [0.29, 0.717) is 0 Å². The number of aromatic carboxylic acids is 1. The average molecular weight is 306 g/mol. The lowest BCUT2D eigenvalue weighted by Crippen LogP contribution is -2.09. The molecule has 0 spiro atoms. The van der Waals surface area contributed by atoms with Crippen LogP contribution in [0.2, 0.25) is 0 Å². The fourth-order valence-corrected chi connectivity index (χ4v) is 1.80. The fourth-order valence-electron chi connectivity index (χ4n) is 1.80. The molecule has 0 amide bonds. The largest absolute Gasteiger partial charge is 0.477 e. The van der Waals surface area contributed by atoms with Crippen LogP contribution in [0.1, 0.15) is 10.4 Å². The Bertz CT molecular complexity index is 734. The molecule has 1 N–H and O–H groups in total. The summed E-state index contributed by atoms with van der Waals surface area (Å²) < 4.78 is 80.6. The quantitative estimate of drug-likeness (QED) is 0.855. The normalized spacial score (nSPS) is 10.8. The van der Waals surface area contributed by atoms with Gasteiger partial charge < -0.3 is 5.11 Å². The molecule has 8 heteroatoms. The molecular formula is C13H4F6O2. The predicted molar refractivity (Wildman–Crippen MR) is 58.6 cm³/mol. The van der Waals surface area contributed by atoms with E-state index in [1.165, 1.54) is 0 Å². The van der Waals surface area contributed by atoms with Gasteiger partial charge in [-0.15, -0.1) is 0 Å². The molecule has 2 nitrogen and oxygen atoms in total. The monoisotopic (exact) mass is 306 g/mol. The van der Waals surface area contributed by atoms with Gasteiger partial charge in [-0.2, -0.15) is 0 Å². The Balaban J connectivity index is 2.88. The fraction of sp³-hybridized carbons (Fsp3) is 0. The van der Waals surface area contributed by atoms with E-state index in [0.717, 1.165) is 0 Å². The van der Waals surface area contributed by atoms with Gasteiger partial charge in [0.2, 0.25) is 0 Å². The van der Waals surface area contributed by atoms with Crippen molar-refractivity contribution in [3.63, 3.8) is 0 Å². The Kier molecular flexibility index (Phi) is 3.63. The minimum atomic E-state index is -2.09. The summed E-state index contributed by atoms with van der Waals surface area (Å²) in [5.74, 6) is -12.2. The molecule has 0 bridgehead atoms. The van der Waals surface area contributed by atoms with Crippen molar-refractivity contribution in [3.8, 4) is 11.1 Å². The van der Waals surface area contributed by atoms with Crippen LogP contribution in [0.15, 0.2) is 18.2 Å². The van der Waals surface area contributed by atoms with Crippen molar-refractivity contribution in [1.82, 2.24) is 0 Å². The van der Waals surface area contributed by atoms with Gasteiger partial charge in [-0.05, 0) is 0 Å².